The first-order valence-electron chi connectivity index (χ1n) is 14.2. The van der Waals surface area contributed by atoms with Crippen molar-refractivity contribution in [2.45, 2.75) is 51.6 Å². The number of aryl methyl sites for hydroxylation is 1. The minimum Gasteiger partial charge on any atom is -0.465 e. The summed E-state index contributed by atoms with van der Waals surface area (Å²) in [4.78, 5) is 53.2. The molecule has 1 aliphatic rings. The Bertz CT molecular complexity index is 1430. The first-order valence-corrected chi connectivity index (χ1v) is 14.2. The molecular weight excluding hydrogens is 534 g/mol. The summed E-state index contributed by atoms with van der Waals surface area (Å²) in [6.45, 7) is 6.19. The number of para-hydroxylation sites is 1. The number of carbonyl (C=O) groups excluding carboxylic acids is 3. The molecule has 0 spiro atoms. The molecule has 10 nitrogen and oxygen atoms in total. The molecule has 0 unspecified atom stereocenters. The molecule has 3 amide bonds. The lowest BCUT2D eigenvalue weighted by molar-refractivity contribution is -0.124. The van der Waals surface area contributed by atoms with Crippen LogP contribution in [-0.4, -0.2) is 80.9 Å². The van der Waals surface area contributed by atoms with Crippen LogP contribution in [0.4, 0.5) is 4.79 Å². The van der Waals surface area contributed by atoms with Crippen LogP contribution in [0.3, 0.4) is 0 Å². The Morgan fingerprint density at radius 3 is 2.24 bits per heavy atom. The molecule has 0 saturated carbocycles. The van der Waals surface area contributed by atoms with Crippen LogP contribution in [-0.2, 0) is 9.59 Å². The van der Waals surface area contributed by atoms with E-state index in [1.807, 2.05) is 73.7 Å². The van der Waals surface area contributed by atoms with E-state index in [2.05, 4.69) is 9.88 Å². The van der Waals surface area contributed by atoms with Crippen molar-refractivity contribution in [3.63, 3.8) is 0 Å². The molecular formula is C32H39N5O5. The highest BCUT2D eigenvalue weighted by Gasteiger charge is 2.37. The molecule has 1 saturated heterocycles. The van der Waals surface area contributed by atoms with Gasteiger partial charge in [-0.15, -0.1) is 0 Å². The minimum absolute atomic E-state index is 0.0885. The summed E-state index contributed by atoms with van der Waals surface area (Å²) < 4.78 is 2.07. The predicted octanol–water partition coefficient (Wildman–Crippen LogP) is 3.85. The van der Waals surface area contributed by atoms with Gasteiger partial charge in [0.15, 0.2) is 5.78 Å². The van der Waals surface area contributed by atoms with E-state index >= 15 is 0 Å². The molecule has 0 aliphatic carbocycles. The second-order valence-corrected chi connectivity index (χ2v) is 11.2. The second kappa shape index (κ2) is 13.0. The summed E-state index contributed by atoms with van der Waals surface area (Å²) in [7, 11) is 0. The number of piperazine rings is 1. The van der Waals surface area contributed by atoms with Crippen molar-refractivity contribution >= 4 is 23.7 Å². The predicted molar refractivity (Wildman–Crippen MR) is 160 cm³/mol. The van der Waals surface area contributed by atoms with Crippen molar-refractivity contribution in [3.05, 3.63) is 78.0 Å². The Kier molecular flexibility index (Phi) is 9.47. The van der Waals surface area contributed by atoms with Gasteiger partial charge < -0.3 is 30.5 Å². The number of nitrogens with two attached hydrogens (primary N) is 1. The molecule has 1 fully saturated rings. The van der Waals surface area contributed by atoms with Gasteiger partial charge in [-0.2, -0.15) is 0 Å². The smallest absolute Gasteiger partial charge is 0.407 e. The number of hydrogen-bond donors (Lipinski definition) is 3. The first-order chi connectivity index (χ1) is 20.0. The van der Waals surface area contributed by atoms with Gasteiger partial charge in [0.05, 0.1) is 22.8 Å². The number of Topliss-reactive ketones (excluding diaryl/α,β-unsaturated/α-hetero) is 1. The third-order valence-corrected chi connectivity index (χ3v) is 7.79. The third kappa shape index (κ3) is 6.88. The second-order valence-electron chi connectivity index (χ2n) is 11.2. The van der Waals surface area contributed by atoms with Crippen molar-refractivity contribution in [2.24, 2.45) is 5.73 Å². The fourth-order valence-corrected chi connectivity index (χ4v) is 5.43. The van der Waals surface area contributed by atoms with Crippen molar-refractivity contribution in [1.82, 2.24) is 19.7 Å². The van der Waals surface area contributed by atoms with Crippen molar-refractivity contribution in [2.75, 3.05) is 26.2 Å². The Hall–Kier alpha value is -4.44. The summed E-state index contributed by atoms with van der Waals surface area (Å²) in [6, 6.07) is 21.0. The average Bonchev–Trinajstić information content (AvgIpc) is 3.33. The number of carboxylic acid groups (broad SMARTS) is 1. The van der Waals surface area contributed by atoms with Crippen LogP contribution in [0.25, 0.3) is 16.9 Å². The maximum Gasteiger partial charge on any atom is 0.407 e. The Morgan fingerprint density at radius 2 is 1.62 bits per heavy atom. The molecule has 222 valence electrons. The number of primary amides is 1. The number of carbonyl (C=O) groups is 4. The zero-order valence-corrected chi connectivity index (χ0v) is 24.4. The van der Waals surface area contributed by atoms with Gasteiger partial charge in [-0.25, -0.2) is 4.79 Å². The lowest BCUT2D eigenvalue weighted by atomic mass is 9.94. The zero-order valence-electron chi connectivity index (χ0n) is 24.4. The van der Waals surface area contributed by atoms with E-state index in [-0.39, 0.29) is 50.7 Å². The van der Waals surface area contributed by atoms with Crippen LogP contribution < -0.4 is 11.1 Å². The monoisotopic (exact) mass is 573 g/mol. The highest BCUT2D eigenvalue weighted by Crippen LogP contribution is 2.32. The molecule has 4 rings (SSSR count). The highest BCUT2D eigenvalue weighted by atomic mass is 16.4. The number of benzene rings is 2. The lowest BCUT2D eigenvalue weighted by Gasteiger charge is -2.41. The topological polar surface area (TPSA) is 138 Å². The molecule has 0 radical (unpaired) electrons. The van der Waals surface area contributed by atoms with Crippen molar-refractivity contribution in [3.8, 4) is 16.9 Å². The van der Waals surface area contributed by atoms with Crippen molar-refractivity contribution in [1.29, 1.82) is 0 Å². The van der Waals surface area contributed by atoms with Crippen LogP contribution >= 0.6 is 0 Å². The summed E-state index contributed by atoms with van der Waals surface area (Å²) >= 11 is 0. The number of amides is 3. The fourth-order valence-electron chi connectivity index (χ4n) is 5.43. The van der Waals surface area contributed by atoms with Crippen LogP contribution in [0.1, 0.15) is 49.2 Å². The number of nitrogens with zero attached hydrogens (tertiary/aromatic N) is 3. The lowest BCUT2D eigenvalue weighted by Crippen LogP contribution is -2.61. The van der Waals surface area contributed by atoms with Gasteiger partial charge in [-0.3, -0.25) is 14.4 Å². The summed E-state index contributed by atoms with van der Waals surface area (Å²) in [5.41, 5.74) is 8.27. The van der Waals surface area contributed by atoms with Gasteiger partial charge in [0.1, 0.15) is 0 Å². The fraction of sp³-hybridized carbons (Fsp3) is 0.375. The average molecular weight is 574 g/mol. The third-order valence-electron chi connectivity index (χ3n) is 7.79. The maximum atomic E-state index is 14.3. The number of aromatic nitrogens is 1. The zero-order chi connectivity index (χ0) is 30.4. The molecule has 3 aromatic rings. The normalized spacial score (nSPS) is 15.5. The molecule has 2 aromatic carbocycles. The van der Waals surface area contributed by atoms with E-state index in [0.717, 1.165) is 22.6 Å². The maximum absolute atomic E-state index is 14.3. The van der Waals surface area contributed by atoms with Gasteiger partial charge >= 0.3 is 6.09 Å². The molecule has 1 aliphatic heterocycles. The summed E-state index contributed by atoms with van der Waals surface area (Å²) in [5, 5.41) is 13.0. The van der Waals surface area contributed by atoms with Crippen LogP contribution in [0.15, 0.2) is 66.7 Å². The van der Waals surface area contributed by atoms with E-state index in [4.69, 9.17) is 5.73 Å². The van der Waals surface area contributed by atoms with Crippen LogP contribution in [0.5, 0.6) is 0 Å². The molecule has 2 heterocycles. The molecule has 10 heteroatoms. The number of hydrogen-bond acceptors (Lipinski definition) is 5. The number of ketones is 1. The molecule has 1 atom stereocenters. The van der Waals surface area contributed by atoms with E-state index in [1.165, 1.54) is 4.90 Å². The summed E-state index contributed by atoms with van der Waals surface area (Å²) in [6.07, 6.45) is -0.374. The number of nitrogens with one attached hydrogen (secondary N) is 1. The number of rotatable bonds is 11. The highest BCUT2D eigenvalue weighted by molar-refractivity contribution is 6.01. The van der Waals surface area contributed by atoms with Gasteiger partial charge in [0.25, 0.3) is 5.91 Å². The minimum atomic E-state index is -1.05. The standard InChI is InChI=1S/C32H39N5O5/c1-22-19-26(29(23-11-6-4-7-12-23)37(22)24-13-8-5-9-14-24)30(40)36-18-17-35(31(41)42)21-25(36)20-34-32(2,3)27(38)15-10-16-28(33)39/h4-9,11-14,19,25,34H,10,15-18,20-21H2,1-3H3,(H2,33,39)(H,41,42)/t25-/m1/s1. The largest absolute Gasteiger partial charge is 0.465 e. The molecule has 4 N–H and O–H groups in total. The Morgan fingerprint density at radius 1 is 0.976 bits per heavy atom. The quantitative estimate of drug-likeness (QED) is 0.319. The molecule has 42 heavy (non-hydrogen) atoms. The van der Waals surface area contributed by atoms with Gasteiger partial charge in [0.2, 0.25) is 5.91 Å². The first kappa shape index (κ1) is 30.5. The molecule has 0 bridgehead atoms. The Balaban J connectivity index is 1.65. The van der Waals surface area contributed by atoms with Gasteiger partial charge in [-0.05, 0) is 51.0 Å². The van der Waals surface area contributed by atoms with Crippen LogP contribution in [0, 0.1) is 6.92 Å². The SMILES string of the molecule is Cc1cc(C(=O)N2CCN(C(=O)O)C[C@H]2CNC(C)(C)C(=O)CCCC(N)=O)c(-c2ccccc2)n1-c1ccccc1. The molecule has 1 aromatic heterocycles. The van der Waals surface area contributed by atoms with Crippen molar-refractivity contribution < 1.29 is 24.3 Å². The Labute approximate surface area is 246 Å². The van der Waals surface area contributed by atoms with E-state index in [9.17, 15) is 24.3 Å². The van der Waals surface area contributed by atoms with Gasteiger partial charge in [0, 0.05) is 50.4 Å². The van der Waals surface area contributed by atoms with Gasteiger partial charge in [-0.1, -0.05) is 48.5 Å². The van der Waals surface area contributed by atoms with E-state index in [0.29, 0.717) is 12.0 Å². The summed E-state index contributed by atoms with van der Waals surface area (Å²) in [5.74, 6) is -0.742. The van der Waals surface area contributed by atoms with Crippen LogP contribution in [0.2, 0.25) is 0 Å². The van der Waals surface area contributed by atoms with E-state index in [1.54, 1.807) is 18.7 Å². The van der Waals surface area contributed by atoms with E-state index < -0.39 is 23.6 Å².